The van der Waals surface area contributed by atoms with E-state index in [9.17, 15) is 14.4 Å². The van der Waals surface area contributed by atoms with Gasteiger partial charge < -0.3 is 20.3 Å². The Bertz CT molecular complexity index is 913. The highest BCUT2D eigenvalue weighted by atomic mass is 32.1. The maximum absolute atomic E-state index is 12.5. The third-order valence-corrected chi connectivity index (χ3v) is 5.76. The minimum atomic E-state index is -0.508. The van der Waals surface area contributed by atoms with Gasteiger partial charge in [0, 0.05) is 30.9 Å². The van der Waals surface area contributed by atoms with Crippen molar-refractivity contribution in [2.75, 3.05) is 23.7 Å². The lowest BCUT2D eigenvalue weighted by Gasteiger charge is -2.33. The summed E-state index contributed by atoms with van der Waals surface area (Å²) in [6.07, 6.45) is 1.64. The quantitative estimate of drug-likeness (QED) is 0.682. The van der Waals surface area contributed by atoms with E-state index < -0.39 is 5.60 Å². The number of carbonyl (C=O) groups excluding carboxylic acids is 3. The van der Waals surface area contributed by atoms with Crippen LogP contribution < -0.4 is 10.6 Å². The summed E-state index contributed by atoms with van der Waals surface area (Å²) in [6.45, 7) is 6.74. The maximum atomic E-state index is 12.5. The lowest BCUT2D eigenvalue weighted by molar-refractivity contribution is -0.117. The third kappa shape index (κ3) is 7.10. The molecule has 1 aromatic heterocycles. The molecule has 2 N–H and O–H groups in total. The highest BCUT2D eigenvalue weighted by Gasteiger charge is 2.27. The number of piperidine rings is 1. The summed E-state index contributed by atoms with van der Waals surface area (Å²) in [6, 6.07) is 10.7. The van der Waals surface area contributed by atoms with Crippen LogP contribution in [0, 0.1) is 5.92 Å². The number of carbonyl (C=O) groups is 3. The van der Waals surface area contributed by atoms with Gasteiger partial charge in [0.15, 0.2) is 0 Å². The van der Waals surface area contributed by atoms with Gasteiger partial charge in [-0.05, 0) is 69.2 Å². The number of rotatable bonds is 5. The first-order chi connectivity index (χ1) is 14.7. The van der Waals surface area contributed by atoms with Gasteiger partial charge in [0.1, 0.15) is 5.60 Å². The number of amides is 3. The SMILES string of the molecule is CC(C)(C)OC(=O)N1CCC(CC(=O)Nc2cccc(NC(=O)c3cccs3)c2)CC1. The minimum Gasteiger partial charge on any atom is -0.444 e. The summed E-state index contributed by atoms with van der Waals surface area (Å²) in [5.74, 6) is -0.0203. The first-order valence-electron chi connectivity index (χ1n) is 10.4. The van der Waals surface area contributed by atoms with Crippen LogP contribution in [0.4, 0.5) is 16.2 Å². The van der Waals surface area contributed by atoms with E-state index in [1.165, 1.54) is 11.3 Å². The van der Waals surface area contributed by atoms with Gasteiger partial charge in [0.25, 0.3) is 5.91 Å². The van der Waals surface area contributed by atoms with Gasteiger partial charge in [-0.2, -0.15) is 0 Å². The number of likely N-dealkylation sites (tertiary alicyclic amines) is 1. The second-order valence-corrected chi connectivity index (χ2v) is 9.62. The molecule has 1 aliphatic heterocycles. The fraction of sp³-hybridized carbons (Fsp3) is 0.435. The Kier molecular flexibility index (Phi) is 7.33. The average molecular weight is 444 g/mol. The molecule has 0 radical (unpaired) electrons. The molecular weight excluding hydrogens is 414 g/mol. The Morgan fingerprint density at radius 1 is 1.06 bits per heavy atom. The Labute approximate surface area is 186 Å². The number of nitrogens with one attached hydrogen (secondary N) is 2. The average Bonchev–Trinajstić information content (AvgIpc) is 3.22. The fourth-order valence-corrected chi connectivity index (χ4v) is 4.01. The lowest BCUT2D eigenvalue weighted by Crippen LogP contribution is -2.42. The highest BCUT2D eigenvalue weighted by molar-refractivity contribution is 7.12. The smallest absolute Gasteiger partial charge is 0.410 e. The summed E-state index contributed by atoms with van der Waals surface area (Å²) in [5, 5.41) is 7.60. The predicted molar refractivity (Wildman–Crippen MR) is 122 cm³/mol. The van der Waals surface area contributed by atoms with E-state index in [0.29, 0.717) is 35.8 Å². The number of benzene rings is 1. The van der Waals surface area contributed by atoms with Crippen molar-refractivity contribution in [2.24, 2.45) is 5.92 Å². The molecule has 3 rings (SSSR count). The number of ether oxygens (including phenoxy) is 1. The van der Waals surface area contributed by atoms with Crippen LogP contribution in [-0.2, 0) is 9.53 Å². The monoisotopic (exact) mass is 443 g/mol. The van der Waals surface area contributed by atoms with Gasteiger partial charge in [0.2, 0.25) is 5.91 Å². The van der Waals surface area contributed by atoms with E-state index in [1.54, 1.807) is 35.2 Å². The Morgan fingerprint density at radius 3 is 2.35 bits per heavy atom. The van der Waals surface area contributed by atoms with Gasteiger partial charge in [-0.1, -0.05) is 12.1 Å². The Hall–Kier alpha value is -2.87. The molecule has 7 nitrogen and oxygen atoms in total. The van der Waals surface area contributed by atoms with Crippen LogP contribution in [0.5, 0.6) is 0 Å². The van der Waals surface area contributed by atoms with Crippen molar-refractivity contribution in [3.05, 3.63) is 46.7 Å². The number of hydrogen-bond donors (Lipinski definition) is 2. The van der Waals surface area contributed by atoms with E-state index in [0.717, 1.165) is 12.8 Å². The molecule has 1 saturated heterocycles. The molecular formula is C23H29N3O4S. The molecule has 3 amide bonds. The van der Waals surface area contributed by atoms with Gasteiger partial charge in [0.05, 0.1) is 4.88 Å². The summed E-state index contributed by atoms with van der Waals surface area (Å²) in [7, 11) is 0. The van der Waals surface area contributed by atoms with Gasteiger partial charge >= 0.3 is 6.09 Å². The van der Waals surface area contributed by atoms with Crippen LogP contribution in [0.25, 0.3) is 0 Å². The van der Waals surface area contributed by atoms with Crippen LogP contribution in [0.3, 0.4) is 0 Å². The van der Waals surface area contributed by atoms with E-state index >= 15 is 0 Å². The van der Waals surface area contributed by atoms with Crippen molar-refractivity contribution in [2.45, 2.75) is 45.6 Å². The Morgan fingerprint density at radius 2 is 1.74 bits per heavy atom. The summed E-state index contributed by atoms with van der Waals surface area (Å²) in [4.78, 5) is 39.2. The zero-order valence-electron chi connectivity index (χ0n) is 18.1. The van der Waals surface area contributed by atoms with Crippen molar-refractivity contribution in [3.8, 4) is 0 Å². The molecule has 8 heteroatoms. The predicted octanol–water partition coefficient (Wildman–Crippen LogP) is 4.98. The zero-order chi connectivity index (χ0) is 22.4. The third-order valence-electron chi connectivity index (χ3n) is 4.89. The lowest BCUT2D eigenvalue weighted by atomic mass is 9.93. The molecule has 2 aromatic rings. The van der Waals surface area contributed by atoms with Crippen molar-refractivity contribution >= 4 is 40.6 Å². The summed E-state index contributed by atoms with van der Waals surface area (Å²) >= 11 is 1.37. The molecule has 0 saturated carbocycles. The molecule has 166 valence electrons. The molecule has 1 aromatic carbocycles. The number of thiophene rings is 1. The van der Waals surface area contributed by atoms with E-state index in [4.69, 9.17) is 4.74 Å². The van der Waals surface area contributed by atoms with Crippen LogP contribution >= 0.6 is 11.3 Å². The van der Waals surface area contributed by atoms with Crippen LogP contribution in [0.15, 0.2) is 41.8 Å². The second-order valence-electron chi connectivity index (χ2n) is 8.68. The first-order valence-corrected chi connectivity index (χ1v) is 11.3. The van der Waals surface area contributed by atoms with Crippen molar-refractivity contribution in [1.82, 2.24) is 4.90 Å². The molecule has 1 aliphatic rings. The fourth-order valence-electron chi connectivity index (χ4n) is 3.40. The van der Waals surface area contributed by atoms with E-state index in [-0.39, 0.29) is 23.8 Å². The molecule has 0 spiro atoms. The molecule has 31 heavy (non-hydrogen) atoms. The van der Waals surface area contributed by atoms with Crippen molar-refractivity contribution < 1.29 is 19.1 Å². The van der Waals surface area contributed by atoms with E-state index in [1.807, 2.05) is 32.2 Å². The first kappa shape index (κ1) is 22.8. The van der Waals surface area contributed by atoms with Crippen molar-refractivity contribution in [3.63, 3.8) is 0 Å². The molecule has 1 fully saturated rings. The van der Waals surface area contributed by atoms with Crippen LogP contribution in [0.1, 0.15) is 49.7 Å². The number of nitrogens with zero attached hydrogens (tertiary/aromatic N) is 1. The zero-order valence-corrected chi connectivity index (χ0v) is 19.0. The molecule has 0 atom stereocenters. The van der Waals surface area contributed by atoms with Gasteiger partial charge in [-0.15, -0.1) is 11.3 Å². The summed E-state index contributed by atoms with van der Waals surface area (Å²) < 4.78 is 5.41. The molecule has 0 bridgehead atoms. The number of hydrogen-bond acceptors (Lipinski definition) is 5. The minimum absolute atomic E-state index is 0.0718. The second kappa shape index (κ2) is 9.96. The topological polar surface area (TPSA) is 87.7 Å². The highest BCUT2D eigenvalue weighted by Crippen LogP contribution is 2.24. The van der Waals surface area contributed by atoms with Gasteiger partial charge in [-0.25, -0.2) is 4.79 Å². The molecule has 0 aliphatic carbocycles. The standard InChI is InChI=1S/C23H29N3O4S/c1-23(2,3)30-22(29)26-11-9-16(10-12-26)14-20(27)24-17-6-4-7-18(15-17)25-21(28)19-8-5-13-31-19/h4-8,13,15-16H,9-12,14H2,1-3H3,(H,24,27)(H,25,28). The van der Waals surface area contributed by atoms with Crippen molar-refractivity contribution in [1.29, 1.82) is 0 Å². The van der Waals surface area contributed by atoms with Crippen LogP contribution in [-0.4, -0.2) is 41.5 Å². The number of anilines is 2. The largest absolute Gasteiger partial charge is 0.444 e. The van der Waals surface area contributed by atoms with Gasteiger partial charge in [-0.3, -0.25) is 9.59 Å². The summed E-state index contributed by atoms with van der Waals surface area (Å²) in [5.41, 5.74) is 0.757. The Balaban J connectivity index is 1.46. The normalized spacial score (nSPS) is 14.7. The molecule has 0 unspecified atom stereocenters. The maximum Gasteiger partial charge on any atom is 0.410 e. The van der Waals surface area contributed by atoms with E-state index in [2.05, 4.69) is 10.6 Å². The van der Waals surface area contributed by atoms with Crippen LogP contribution in [0.2, 0.25) is 0 Å². The molecule has 2 heterocycles.